The zero-order valence-electron chi connectivity index (χ0n) is 13.2. The van der Waals surface area contributed by atoms with Gasteiger partial charge < -0.3 is 15.0 Å². The molecule has 2 rings (SSSR count). The van der Waals surface area contributed by atoms with Crippen LogP contribution in [0, 0.1) is 5.41 Å². The summed E-state index contributed by atoms with van der Waals surface area (Å²) in [5.74, 6) is 1.63. The minimum Gasteiger partial charge on any atom is -0.381 e. The smallest absolute Gasteiger partial charge is 0.224 e. The molecule has 0 aromatic carbocycles. The van der Waals surface area contributed by atoms with Crippen LogP contribution in [0.5, 0.6) is 0 Å². The third kappa shape index (κ3) is 2.46. The number of ether oxygens (including phenoxy) is 1. The fourth-order valence-electron chi connectivity index (χ4n) is 3.30. The van der Waals surface area contributed by atoms with Crippen LogP contribution in [0.25, 0.3) is 0 Å². The molecule has 1 aliphatic carbocycles. The van der Waals surface area contributed by atoms with Crippen LogP contribution in [0.4, 0.5) is 11.8 Å². The second kappa shape index (κ2) is 5.95. The number of rotatable bonds is 6. The summed E-state index contributed by atoms with van der Waals surface area (Å²) in [6.45, 7) is 4.47. The van der Waals surface area contributed by atoms with Crippen LogP contribution in [0.1, 0.15) is 33.1 Å². The lowest BCUT2D eigenvalue weighted by molar-refractivity contribution is -0.106. The summed E-state index contributed by atoms with van der Waals surface area (Å²) >= 11 is 0. The third-order valence-electron chi connectivity index (χ3n) is 4.79. The minimum atomic E-state index is 0.201. The maximum atomic E-state index is 5.62. The van der Waals surface area contributed by atoms with Gasteiger partial charge in [-0.15, -0.1) is 0 Å². The molecule has 5 nitrogen and oxygen atoms in total. The highest BCUT2D eigenvalue weighted by Crippen LogP contribution is 2.49. The van der Waals surface area contributed by atoms with Gasteiger partial charge in [-0.3, -0.25) is 0 Å². The molecule has 20 heavy (non-hydrogen) atoms. The van der Waals surface area contributed by atoms with Gasteiger partial charge in [0.2, 0.25) is 5.95 Å². The van der Waals surface area contributed by atoms with Crippen molar-refractivity contribution in [2.24, 2.45) is 5.41 Å². The molecular formula is C15H26N4O. The summed E-state index contributed by atoms with van der Waals surface area (Å²) in [4.78, 5) is 10.9. The fraction of sp³-hybridized carbons (Fsp3) is 0.733. The van der Waals surface area contributed by atoms with Crippen LogP contribution in [0.15, 0.2) is 12.3 Å². The van der Waals surface area contributed by atoms with Gasteiger partial charge in [0, 0.05) is 38.9 Å². The predicted octanol–water partition coefficient (Wildman–Crippen LogP) is 2.55. The Labute approximate surface area is 121 Å². The zero-order chi connectivity index (χ0) is 14.8. The van der Waals surface area contributed by atoms with Crippen molar-refractivity contribution < 1.29 is 4.74 Å². The Morgan fingerprint density at radius 1 is 1.40 bits per heavy atom. The second-order valence-corrected chi connectivity index (χ2v) is 5.73. The van der Waals surface area contributed by atoms with E-state index < -0.39 is 0 Å². The highest BCUT2D eigenvalue weighted by molar-refractivity contribution is 5.42. The van der Waals surface area contributed by atoms with E-state index in [-0.39, 0.29) is 5.41 Å². The summed E-state index contributed by atoms with van der Waals surface area (Å²) in [6.07, 6.45) is 5.37. The molecule has 1 saturated carbocycles. The van der Waals surface area contributed by atoms with Gasteiger partial charge >= 0.3 is 0 Å². The molecule has 0 spiro atoms. The van der Waals surface area contributed by atoms with Crippen molar-refractivity contribution in [1.29, 1.82) is 0 Å². The van der Waals surface area contributed by atoms with Crippen LogP contribution in [0.3, 0.4) is 0 Å². The zero-order valence-corrected chi connectivity index (χ0v) is 13.2. The number of methoxy groups -OCH3 is 1. The molecule has 1 heterocycles. The molecule has 0 bridgehead atoms. The number of nitrogens with one attached hydrogen (secondary N) is 1. The lowest BCUT2D eigenvalue weighted by Gasteiger charge is -2.55. The molecule has 0 radical (unpaired) electrons. The maximum absolute atomic E-state index is 5.62. The Kier molecular flexibility index (Phi) is 4.48. The molecule has 5 heteroatoms. The fourth-order valence-corrected chi connectivity index (χ4v) is 3.30. The molecule has 2 unspecified atom stereocenters. The van der Waals surface area contributed by atoms with E-state index in [0.29, 0.717) is 18.1 Å². The van der Waals surface area contributed by atoms with Gasteiger partial charge in [-0.1, -0.05) is 13.8 Å². The Bertz CT molecular complexity index is 445. The minimum absolute atomic E-state index is 0.201. The van der Waals surface area contributed by atoms with Gasteiger partial charge in [-0.25, -0.2) is 4.98 Å². The SMILES string of the molecule is CCC1(CC)C(Nc2nccc(N(C)C)n2)CC1OC. The van der Waals surface area contributed by atoms with Gasteiger partial charge in [0.25, 0.3) is 0 Å². The molecule has 112 valence electrons. The van der Waals surface area contributed by atoms with Crippen molar-refractivity contribution in [3.05, 3.63) is 12.3 Å². The van der Waals surface area contributed by atoms with Gasteiger partial charge in [0.15, 0.2) is 0 Å². The Balaban J connectivity index is 2.12. The number of nitrogens with zero attached hydrogens (tertiary/aromatic N) is 3. The lowest BCUT2D eigenvalue weighted by Crippen LogP contribution is -2.60. The molecule has 0 saturated heterocycles. The van der Waals surface area contributed by atoms with Crippen molar-refractivity contribution in [2.45, 2.75) is 45.3 Å². The summed E-state index contributed by atoms with van der Waals surface area (Å²) < 4.78 is 5.62. The van der Waals surface area contributed by atoms with E-state index in [2.05, 4.69) is 29.1 Å². The first-order valence-corrected chi connectivity index (χ1v) is 7.37. The van der Waals surface area contributed by atoms with E-state index >= 15 is 0 Å². The number of anilines is 2. The van der Waals surface area contributed by atoms with E-state index in [9.17, 15) is 0 Å². The van der Waals surface area contributed by atoms with E-state index in [1.54, 1.807) is 6.20 Å². The Morgan fingerprint density at radius 3 is 2.65 bits per heavy atom. The van der Waals surface area contributed by atoms with Gasteiger partial charge in [0.05, 0.1) is 6.10 Å². The summed E-state index contributed by atoms with van der Waals surface area (Å²) in [6, 6.07) is 2.30. The predicted molar refractivity (Wildman–Crippen MR) is 82.2 cm³/mol. The van der Waals surface area contributed by atoms with Crippen LogP contribution >= 0.6 is 0 Å². The number of hydrogen-bond donors (Lipinski definition) is 1. The van der Waals surface area contributed by atoms with Crippen LogP contribution in [0.2, 0.25) is 0 Å². The molecule has 1 aromatic heterocycles. The largest absolute Gasteiger partial charge is 0.381 e. The van der Waals surface area contributed by atoms with Gasteiger partial charge in [-0.2, -0.15) is 4.98 Å². The van der Waals surface area contributed by atoms with E-state index in [0.717, 1.165) is 25.1 Å². The van der Waals surface area contributed by atoms with Crippen molar-refractivity contribution in [3.8, 4) is 0 Å². The first-order valence-electron chi connectivity index (χ1n) is 7.37. The van der Waals surface area contributed by atoms with Crippen molar-refractivity contribution in [3.63, 3.8) is 0 Å². The van der Waals surface area contributed by atoms with Gasteiger partial charge in [-0.05, 0) is 25.3 Å². The summed E-state index contributed by atoms with van der Waals surface area (Å²) in [5.41, 5.74) is 0.201. The standard InChI is InChI=1S/C15H26N4O/c1-6-15(7-2)11(10-12(15)20-5)17-14-16-9-8-13(18-14)19(3)4/h8-9,11-12H,6-7,10H2,1-5H3,(H,16,17,18). The molecule has 2 atom stereocenters. The first kappa shape index (κ1) is 15.0. The van der Waals surface area contributed by atoms with E-state index in [4.69, 9.17) is 4.74 Å². The van der Waals surface area contributed by atoms with Crippen LogP contribution in [-0.2, 0) is 4.74 Å². The van der Waals surface area contributed by atoms with Crippen LogP contribution in [-0.4, -0.2) is 43.3 Å². The van der Waals surface area contributed by atoms with Crippen molar-refractivity contribution in [2.75, 3.05) is 31.4 Å². The Morgan fingerprint density at radius 2 is 2.10 bits per heavy atom. The topological polar surface area (TPSA) is 50.3 Å². The second-order valence-electron chi connectivity index (χ2n) is 5.73. The van der Waals surface area contributed by atoms with Crippen molar-refractivity contribution in [1.82, 2.24) is 9.97 Å². The summed E-state index contributed by atoms with van der Waals surface area (Å²) in [5, 5.41) is 3.50. The monoisotopic (exact) mass is 278 g/mol. The highest BCUT2D eigenvalue weighted by Gasteiger charge is 2.53. The average molecular weight is 278 g/mol. The van der Waals surface area contributed by atoms with E-state index in [1.165, 1.54) is 0 Å². The molecular weight excluding hydrogens is 252 g/mol. The molecule has 1 aromatic rings. The summed E-state index contributed by atoms with van der Waals surface area (Å²) in [7, 11) is 5.78. The molecule has 1 N–H and O–H groups in total. The number of aromatic nitrogens is 2. The van der Waals surface area contributed by atoms with Crippen molar-refractivity contribution >= 4 is 11.8 Å². The average Bonchev–Trinajstić information content (AvgIpc) is 2.45. The maximum Gasteiger partial charge on any atom is 0.224 e. The van der Waals surface area contributed by atoms with Gasteiger partial charge in [0.1, 0.15) is 5.82 Å². The molecule has 1 fully saturated rings. The quantitative estimate of drug-likeness (QED) is 0.866. The molecule has 0 amide bonds. The normalized spacial score (nSPS) is 24.1. The Hall–Kier alpha value is -1.36. The van der Waals surface area contributed by atoms with Crippen LogP contribution < -0.4 is 10.2 Å². The third-order valence-corrected chi connectivity index (χ3v) is 4.79. The molecule has 1 aliphatic rings. The lowest BCUT2D eigenvalue weighted by atomic mass is 9.58. The highest BCUT2D eigenvalue weighted by atomic mass is 16.5. The van der Waals surface area contributed by atoms with E-state index in [1.807, 2.05) is 32.2 Å². The first-order chi connectivity index (χ1) is 9.57. The molecule has 0 aliphatic heterocycles. The number of hydrogen-bond acceptors (Lipinski definition) is 5.